The van der Waals surface area contributed by atoms with Gasteiger partial charge >= 0.3 is 0 Å². The van der Waals surface area contributed by atoms with E-state index in [2.05, 4.69) is 0 Å². The van der Waals surface area contributed by atoms with Gasteiger partial charge in [0.2, 0.25) is 11.8 Å². The highest BCUT2D eigenvalue weighted by atomic mass is 16.2. The van der Waals surface area contributed by atoms with Crippen LogP contribution >= 0.6 is 0 Å². The third kappa shape index (κ3) is 2.96. The number of allylic oxidation sites excluding steroid dienone is 2. The van der Waals surface area contributed by atoms with E-state index in [0.29, 0.717) is 24.1 Å². The monoisotopic (exact) mass is 352 g/mol. The summed E-state index contributed by atoms with van der Waals surface area (Å²) in [6.07, 6.45) is 9.71. The van der Waals surface area contributed by atoms with Crippen molar-refractivity contribution in [3.63, 3.8) is 0 Å². The lowest BCUT2D eigenvalue weighted by Crippen LogP contribution is -2.32. The third-order valence-corrected chi connectivity index (χ3v) is 5.77. The number of nitrogens with zero attached hydrogens (tertiary/aromatic N) is 2. The molecule has 1 aromatic carbocycles. The number of likely N-dealkylation sites (tertiary alicyclic amines) is 1. The number of fused-ring (bicyclic) bond motifs is 1. The van der Waals surface area contributed by atoms with Crippen LogP contribution in [0, 0.1) is 11.8 Å². The second-order valence-electron chi connectivity index (χ2n) is 7.42. The largest absolute Gasteiger partial charge is 0.339 e. The minimum absolute atomic E-state index is 0.0374. The fraction of sp³-hybridized carbons (Fsp3) is 0.476. The number of hydrogen-bond donors (Lipinski definition) is 0. The molecule has 2 heterocycles. The first kappa shape index (κ1) is 17.0. The van der Waals surface area contributed by atoms with E-state index in [9.17, 15) is 14.4 Å². The normalized spacial score (nSPS) is 26.0. The summed E-state index contributed by atoms with van der Waals surface area (Å²) < 4.78 is 0. The van der Waals surface area contributed by atoms with Crippen LogP contribution in [0.25, 0.3) is 0 Å². The molecule has 0 bridgehead atoms. The Hall–Kier alpha value is -2.43. The number of carbonyl (C=O) groups is 3. The minimum Gasteiger partial charge on any atom is -0.339 e. The summed E-state index contributed by atoms with van der Waals surface area (Å²) in [5.41, 5.74) is 1.19. The number of anilines is 1. The van der Waals surface area contributed by atoms with Gasteiger partial charge in [0.05, 0.1) is 17.5 Å². The van der Waals surface area contributed by atoms with Crippen molar-refractivity contribution in [2.45, 2.75) is 38.5 Å². The van der Waals surface area contributed by atoms with Crippen molar-refractivity contribution in [3.05, 3.63) is 42.0 Å². The average Bonchev–Trinajstić information content (AvgIpc) is 2.87. The van der Waals surface area contributed by atoms with Gasteiger partial charge in [-0.3, -0.25) is 19.3 Å². The zero-order valence-electron chi connectivity index (χ0n) is 14.9. The van der Waals surface area contributed by atoms with Crippen LogP contribution < -0.4 is 4.90 Å². The molecule has 2 fully saturated rings. The number of imide groups is 1. The van der Waals surface area contributed by atoms with Crippen molar-refractivity contribution in [3.8, 4) is 0 Å². The second kappa shape index (κ2) is 7.06. The van der Waals surface area contributed by atoms with Gasteiger partial charge in [-0.1, -0.05) is 25.0 Å². The van der Waals surface area contributed by atoms with E-state index in [-0.39, 0.29) is 29.6 Å². The number of amides is 3. The summed E-state index contributed by atoms with van der Waals surface area (Å²) in [6.45, 7) is 1.61. The molecule has 0 unspecified atom stereocenters. The average molecular weight is 352 g/mol. The number of carbonyl (C=O) groups excluding carboxylic acids is 3. The maximum absolute atomic E-state index is 12.7. The van der Waals surface area contributed by atoms with Crippen LogP contribution in [0.3, 0.4) is 0 Å². The lowest BCUT2D eigenvalue weighted by molar-refractivity contribution is -0.122. The first-order valence-electron chi connectivity index (χ1n) is 9.59. The summed E-state index contributed by atoms with van der Waals surface area (Å²) in [5, 5.41) is 0. The molecule has 0 aromatic heterocycles. The Morgan fingerprint density at radius 1 is 0.808 bits per heavy atom. The molecule has 0 spiro atoms. The van der Waals surface area contributed by atoms with Crippen molar-refractivity contribution in [1.29, 1.82) is 0 Å². The Morgan fingerprint density at radius 3 is 1.88 bits per heavy atom. The van der Waals surface area contributed by atoms with Crippen molar-refractivity contribution in [2.24, 2.45) is 11.8 Å². The van der Waals surface area contributed by atoms with Crippen LogP contribution in [0.5, 0.6) is 0 Å². The van der Waals surface area contributed by atoms with Crippen molar-refractivity contribution < 1.29 is 14.4 Å². The standard InChI is InChI=1S/C21H24N2O3/c24-19(22-13-5-1-2-6-14-22)15-9-11-16(12-10-15)23-20(25)17-7-3-4-8-18(17)21(23)26/h3-4,9-12,17-18H,1-2,5-8,13-14H2/t17-,18-/m1/s1. The molecule has 4 rings (SSSR count). The Kier molecular flexibility index (Phi) is 4.62. The zero-order chi connectivity index (χ0) is 18.1. The number of rotatable bonds is 2. The van der Waals surface area contributed by atoms with E-state index in [0.717, 1.165) is 25.9 Å². The molecule has 2 atom stereocenters. The Balaban J connectivity index is 1.52. The van der Waals surface area contributed by atoms with Crippen LogP contribution in [-0.2, 0) is 9.59 Å². The predicted octanol–water partition coefficient (Wildman–Crippen LogP) is 3.16. The molecule has 1 aromatic rings. The van der Waals surface area contributed by atoms with E-state index in [4.69, 9.17) is 0 Å². The first-order valence-corrected chi connectivity index (χ1v) is 9.59. The minimum atomic E-state index is -0.231. The molecular weight excluding hydrogens is 328 g/mol. The summed E-state index contributed by atoms with van der Waals surface area (Å²) in [4.78, 5) is 41.2. The van der Waals surface area contributed by atoms with Crippen LogP contribution in [0.2, 0.25) is 0 Å². The van der Waals surface area contributed by atoms with Crippen LogP contribution in [0.15, 0.2) is 36.4 Å². The Morgan fingerprint density at radius 2 is 1.35 bits per heavy atom. The van der Waals surface area contributed by atoms with Gasteiger partial charge in [0.15, 0.2) is 0 Å². The lowest BCUT2D eigenvalue weighted by Gasteiger charge is -2.21. The van der Waals surface area contributed by atoms with Gasteiger partial charge in [-0.05, 0) is 49.9 Å². The maximum atomic E-state index is 12.7. The molecule has 3 aliphatic rings. The molecule has 26 heavy (non-hydrogen) atoms. The second-order valence-corrected chi connectivity index (χ2v) is 7.42. The highest BCUT2D eigenvalue weighted by Crippen LogP contribution is 2.37. The summed E-state index contributed by atoms with van der Waals surface area (Å²) in [5.74, 6) is -0.654. The highest BCUT2D eigenvalue weighted by Gasteiger charge is 2.47. The molecule has 2 saturated heterocycles. The van der Waals surface area contributed by atoms with Crippen molar-refractivity contribution in [1.82, 2.24) is 4.90 Å². The van der Waals surface area contributed by atoms with E-state index in [1.165, 1.54) is 17.7 Å². The van der Waals surface area contributed by atoms with Gasteiger partial charge in [-0.15, -0.1) is 0 Å². The van der Waals surface area contributed by atoms with Gasteiger partial charge in [0, 0.05) is 18.7 Å². The maximum Gasteiger partial charge on any atom is 0.253 e. The first-order chi connectivity index (χ1) is 12.7. The summed E-state index contributed by atoms with van der Waals surface area (Å²) in [7, 11) is 0. The quantitative estimate of drug-likeness (QED) is 0.607. The van der Waals surface area contributed by atoms with E-state index < -0.39 is 0 Å². The zero-order valence-corrected chi connectivity index (χ0v) is 14.9. The van der Waals surface area contributed by atoms with Gasteiger partial charge in [0.25, 0.3) is 5.91 Å². The van der Waals surface area contributed by atoms with Gasteiger partial charge in [-0.2, -0.15) is 0 Å². The molecule has 5 heteroatoms. The van der Waals surface area contributed by atoms with Gasteiger partial charge in [0.1, 0.15) is 0 Å². The molecule has 0 saturated carbocycles. The van der Waals surface area contributed by atoms with Crippen molar-refractivity contribution in [2.75, 3.05) is 18.0 Å². The van der Waals surface area contributed by atoms with E-state index in [1.54, 1.807) is 24.3 Å². The molecule has 5 nitrogen and oxygen atoms in total. The Bertz CT molecular complexity index is 719. The molecule has 1 aliphatic carbocycles. The number of hydrogen-bond acceptors (Lipinski definition) is 3. The van der Waals surface area contributed by atoms with Gasteiger partial charge in [-0.25, -0.2) is 0 Å². The number of benzene rings is 1. The smallest absolute Gasteiger partial charge is 0.253 e. The molecular formula is C21H24N2O3. The fourth-order valence-electron chi connectivity index (χ4n) is 4.26. The lowest BCUT2D eigenvalue weighted by atomic mass is 9.85. The van der Waals surface area contributed by atoms with Crippen LogP contribution in [-0.4, -0.2) is 35.7 Å². The van der Waals surface area contributed by atoms with Gasteiger partial charge < -0.3 is 4.90 Å². The van der Waals surface area contributed by atoms with E-state index in [1.807, 2.05) is 17.1 Å². The third-order valence-electron chi connectivity index (χ3n) is 5.77. The topological polar surface area (TPSA) is 57.7 Å². The van der Waals surface area contributed by atoms with Crippen molar-refractivity contribution >= 4 is 23.4 Å². The molecule has 3 amide bonds. The fourth-order valence-corrected chi connectivity index (χ4v) is 4.26. The molecule has 136 valence electrons. The SMILES string of the molecule is O=C(c1ccc(N2C(=O)[C@@H]3CC=CC[C@H]3C2=O)cc1)N1CCCCCC1. The van der Waals surface area contributed by atoms with Crippen LogP contribution in [0.4, 0.5) is 5.69 Å². The highest BCUT2D eigenvalue weighted by molar-refractivity contribution is 6.22. The summed E-state index contributed by atoms with van der Waals surface area (Å²) >= 11 is 0. The molecule has 0 N–H and O–H groups in total. The van der Waals surface area contributed by atoms with E-state index >= 15 is 0 Å². The Labute approximate surface area is 153 Å². The summed E-state index contributed by atoms with van der Waals surface area (Å²) in [6, 6.07) is 6.93. The predicted molar refractivity (Wildman–Crippen MR) is 98.7 cm³/mol. The molecule has 0 radical (unpaired) electrons. The van der Waals surface area contributed by atoms with Crippen LogP contribution in [0.1, 0.15) is 48.9 Å². The molecule has 2 aliphatic heterocycles.